The van der Waals surface area contributed by atoms with Crippen LogP contribution >= 0.6 is 11.3 Å². The van der Waals surface area contributed by atoms with Crippen LogP contribution in [0.2, 0.25) is 0 Å². The molecular formula is C14H16N6S. The Morgan fingerprint density at radius 1 is 1.38 bits per heavy atom. The maximum atomic E-state index is 9.16. The largest absolute Gasteiger partial charge is 0.306 e. The Hall–Kier alpha value is -2.17. The van der Waals surface area contributed by atoms with Crippen molar-refractivity contribution in [1.29, 1.82) is 5.26 Å². The van der Waals surface area contributed by atoms with Gasteiger partial charge in [-0.1, -0.05) is 0 Å². The lowest BCUT2D eigenvalue weighted by molar-refractivity contribution is 0.420. The van der Waals surface area contributed by atoms with E-state index in [1.165, 1.54) is 0 Å². The van der Waals surface area contributed by atoms with E-state index in [2.05, 4.69) is 46.5 Å². The standard InChI is InChI=1S/C14H16N6S/c1-14(2,3)17-9-10-12(18-13-19(10)6-7-21-13)20-5-4-16-11(20)8-15/h4-7,17H,9H2,1-3H3. The van der Waals surface area contributed by atoms with Gasteiger partial charge in [-0.15, -0.1) is 11.3 Å². The van der Waals surface area contributed by atoms with Gasteiger partial charge in [0.1, 0.15) is 6.07 Å². The van der Waals surface area contributed by atoms with Gasteiger partial charge in [-0.25, -0.2) is 9.97 Å². The summed E-state index contributed by atoms with van der Waals surface area (Å²) in [5.74, 6) is 1.10. The normalized spacial score (nSPS) is 11.9. The summed E-state index contributed by atoms with van der Waals surface area (Å²) in [6.07, 6.45) is 5.39. The van der Waals surface area contributed by atoms with Crippen molar-refractivity contribution in [2.75, 3.05) is 0 Å². The fourth-order valence-electron chi connectivity index (χ4n) is 2.08. The second-order valence-electron chi connectivity index (χ2n) is 5.77. The molecule has 0 amide bonds. The number of nitrogens with one attached hydrogen (secondary N) is 1. The first-order valence-electron chi connectivity index (χ1n) is 6.63. The minimum Gasteiger partial charge on any atom is -0.306 e. The number of thiazole rings is 1. The van der Waals surface area contributed by atoms with E-state index in [-0.39, 0.29) is 5.54 Å². The molecule has 108 valence electrons. The molecule has 1 N–H and O–H groups in total. The SMILES string of the molecule is CC(C)(C)NCc1c(-n2ccnc2C#N)nc2sccn12. The van der Waals surface area contributed by atoms with E-state index in [9.17, 15) is 0 Å². The van der Waals surface area contributed by atoms with Gasteiger partial charge in [0.05, 0.1) is 5.69 Å². The number of imidazole rings is 2. The highest BCUT2D eigenvalue weighted by Gasteiger charge is 2.19. The van der Waals surface area contributed by atoms with Crippen LogP contribution in [0.3, 0.4) is 0 Å². The van der Waals surface area contributed by atoms with E-state index >= 15 is 0 Å². The molecule has 0 unspecified atom stereocenters. The van der Waals surface area contributed by atoms with E-state index in [0.29, 0.717) is 12.4 Å². The van der Waals surface area contributed by atoms with Crippen LogP contribution in [-0.2, 0) is 6.54 Å². The summed E-state index contributed by atoms with van der Waals surface area (Å²) in [6, 6.07) is 2.10. The number of hydrogen-bond donors (Lipinski definition) is 1. The third kappa shape index (κ3) is 2.55. The zero-order valence-corrected chi connectivity index (χ0v) is 13.0. The smallest absolute Gasteiger partial charge is 0.218 e. The van der Waals surface area contributed by atoms with E-state index in [1.807, 2.05) is 11.6 Å². The van der Waals surface area contributed by atoms with Gasteiger partial charge < -0.3 is 5.32 Å². The van der Waals surface area contributed by atoms with E-state index in [0.717, 1.165) is 16.5 Å². The van der Waals surface area contributed by atoms with Gasteiger partial charge >= 0.3 is 0 Å². The van der Waals surface area contributed by atoms with Crippen molar-refractivity contribution in [3.8, 4) is 11.9 Å². The van der Waals surface area contributed by atoms with Crippen LogP contribution in [0.25, 0.3) is 10.8 Å². The molecule has 0 aliphatic rings. The molecular weight excluding hydrogens is 284 g/mol. The van der Waals surface area contributed by atoms with Crippen LogP contribution in [0.15, 0.2) is 24.0 Å². The average molecular weight is 300 g/mol. The molecule has 3 heterocycles. The quantitative estimate of drug-likeness (QED) is 0.806. The lowest BCUT2D eigenvalue weighted by Gasteiger charge is -2.20. The van der Waals surface area contributed by atoms with Gasteiger partial charge in [-0.05, 0) is 20.8 Å². The first kappa shape index (κ1) is 13.8. The van der Waals surface area contributed by atoms with Gasteiger partial charge in [0.2, 0.25) is 5.82 Å². The molecule has 3 aromatic heterocycles. The molecule has 0 radical (unpaired) electrons. The van der Waals surface area contributed by atoms with Crippen molar-refractivity contribution in [3.05, 3.63) is 35.5 Å². The van der Waals surface area contributed by atoms with Crippen molar-refractivity contribution < 1.29 is 0 Å². The molecule has 0 fully saturated rings. The van der Waals surface area contributed by atoms with Gasteiger partial charge in [-0.3, -0.25) is 8.97 Å². The molecule has 0 bridgehead atoms. The first-order chi connectivity index (χ1) is 9.99. The van der Waals surface area contributed by atoms with Gasteiger partial charge in [0.25, 0.3) is 0 Å². The number of rotatable bonds is 3. The Kier molecular flexibility index (Phi) is 3.27. The molecule has 0 spiro atoms. The van der Waals surface area contributed by atoms with Crippen molar-refractivity contribution in [1.82, 2.24) is 24.3 Å². The molecule has 21 heavy (non-hydrogen) atoms. The Labute approximate surface area is 126 Å². The molecule has 6 nitrogen and oxygen atoms in total. The summed E-state index contributed by atoms with van der Waals surface area (Å²) in [4.78, 5) is 9.60. The van der Waals surface area contributed by atoms with Crippen molar-refractivity contribution in [2.45, 2.75) is 32.9 Å². The number of aromatic nitrogens is 4. The molecule has 3 aromatic rings. The molecule has 7 heteroatoms. The van der Waals surface area contributed by atoms with Crippen LogP contribution in [0.4, 0.5) is 0 Å². The fraction of sp³-hybridized carbons (Fsp3) is 0.357. The van der Waals surface area contributed by atoms with Gasteiger partial charge in [-0.2, -0.15) is 5.26 Å². The summed E-state index contributed by atoms with van der Waals surface area (Å²) in [6.45, 7) is 7.03. The molecule has 3 rings (SSSR count). The summed E-state index contributed by atoms with van der Waals surface area (Å²) in [5, 5.41) is 14.6. The maximum Gasteiger partial charge on any atom is 0.218 e. The Balaban J connectivity index is 2.10. The van der Waals surface area contributed by atoms with Crippen LogP contribution in [0, 0.1) is 11.3 Å². The lowest BCUT2D eigenvalue weighted by atomic mass is 10.1. The zero-order valence-electron chi connectivity index (χ0n) is 12.2. The first-order valence-corrected chi connectivity index (χ1v) is 7.51. The number of fused-ring (bicyclic) bond motifs is 1. The Morgan fingerprint density at radius 3 is 2.90 bits per heavy atom. The van der Waals surface area contributed by atoms with Crippen LogP contribution < -0.4 is 5.32 Å². The summed E-state index contributed by atoms with van der Waals surface area (Å²) in [5.41, 5.74) is 1.03. The third-order valence-corrected chi connectivity index (χ3v) is 3.85. The van der Waals surface area contributed by atoms with E-state index in [4.69, 9.17) is 5.26 Å². The van der Waals surface area contributed by atoms with Gasteiger partial charge in [0, 0.05) is 36.1 Å². The van der Waals surface area contributed by atoms with Crippen molar-refractivity contribution in [2.24, 2.45) is 0 Å². The maximum absolute atomic E-state index is 9.16. The Bertz CT molecular complexity index is 811. The van der Waals surface area contributed by atoms with E-state index in [1.54, 1.807) is 28.3 Å². The number of nitrogens with zero attached hydrogens (tertiary/aromatic N) is 5. The van der Waals surface area contributed by atoms with Gasteiger partial charge in [0.15, 0.2) is 10.8 Å². The minimum atomic E-state index is 0.00441. The molecule has 0 atom stereocenters. The lowest BCUT2D eigenvalue weighted by Crippen LogP contribution is -2.35. The second kappa shape index (κ2) is 4.98. The third-order valence-electron chi connectivity index (χ3n) is 3.10. The highest BCUT2D eigenvalue weighted by Crippen LogP contribution is 2.22. The highest BCUT2D eigenvalue weighted by molar-refractivity contribution is 7.15. The highest BCUT2D eigenvalue weighted by atomic mass is 32.1. The van der Waals surface area contributed by atoms with Crippen molar-refractivity contribution in [3.63, 3.8) is 0 Å². The molecule has 0 aromatic carbocycles. The monoisotopic (exact) mass is 300 g/mol. The predicted octanol–water partition coefficient (Wildman–Crippen LogP) is 2.34. The molecule has 0 saturated heterocycles. The summed E-state index contributed by atoms with van der Waals surface area (Å²) in [7, 11) is 0. The number of hydrogen-bond acceptors (Lipinski definition) is 5. The fourth-order valence-corrected chi connectivity index (χ4v) is 2.81. The van der Waals surface area contributed by atoms with Crippen molar-refractivity contribution >= 4 is 16.3 Å². The average Bonchev–Trinajstić information content (AvgIpc) is 3.09. The predicted molar refractivity (Wildman–Crippen MR) is 81.5 cm³/mol. The minimum absolute atomic E-state index is 0.00441. The summed E-state index contributed by atoms with van der Waals surface area (Å²) < 4.78 is 3.79. The molecule has 0 aliphatic carbocycles. The Morgan fingerprint density at radius 2 is 2.19 bits per heavy atom. The number of nitriles is 1. The second-order valence-corrected chi connectivity index (χ2v) is 6.65. The van der Waals surface area contributed by atoms with Crippen LogP contribution in [0.1, 0.15) is 32.3 Å². The van der Waals surface area contributed by atoms with Crippen LogP contribution in [-0.4, -0.2) is 24.5 Å². The van der Waals surface area contributed by atoms with E-state index < -0.39 is 0 Å². The topological polar surface area (TPSA) is 70.9 Å². The summed E-state index contributed by atoms with van der Waals surface area (Å²) >= 11 is 1.57. The zero-order chi connectivity index (χ0) is 15.0. The molecule has 0 saturated carbocycles. The molecule has 0 aliphatic heterocycles. The van der Waals surface area contributed by atoms with Crippen LogP contribution in [0.5, 0.6) is 0 Å².